The van der Waals surface area contributed by atoms with Gasteiger partial charge in [-0.2, -0.15) is 0 Å². The molecular weight excluding hydrogens is 188 g/mol. The Morgan fingerprint density at radius 3 is 2.47 bits per heavy atom. The number of benzene rings is 1. The first-order valence-electron chi connectivity index (χ1n) is 4.97. The zero-order valence-corrected chi connectivity index (χ0v) is 8.63. The minimum Gasteiger partial charge on any atom is -0.392 e. The summed E-state index contributed by atoms with van der Waals surface area (Å²) in [5.74, 6) is 0. The van der Waals surface area contributed by atoms with Crippen LogP contribution in [0.5, 0.6) is 0 Å². The predicted molar refractivity (Wildman–Crippen MR) is 61.5 cm³/mol. The van der Waals surface area contributed by atoms with Crippen molar-refractivity contribution in [1.82, 2.24) is 0 Å². The lowest BCUT2D eigenvalue weighted by Crippen LogP contribution is -1.95. The van der Waals surface area contributed by atoms with E-state index in [-0.39, 0.29) is 13.2 Å². The highest BCUT2D eigenvalue weighted by Crippen LogP contribution is 2.07. The van der Waals surface area contributed by atoms with Crippen molar-refractivity contribution >= 4 is 0 Å². The van der Waals surface area contributed by atoms with E-state index in [2.05, 4.69) is 0 Å². The smallest absolute Gasteiger partial charge is 0.0648 e. The predicted octanol–water partition coefficient (Wildman–Crippen LogP) is 1.70. The zero-order valence-electron chi connectivity index (χ0n) is 8.63. The monoisotopic (exact) mass is 204 g/mol. The van der Waals surface area contributed by atoms with Crippen LogP contribution in [-0.2, 0) is 6.42 Å². The second-order valence-electron chi connectivity index (χ2n) is 3.26. The van der Waals surface area contributed by atoms with Gasteiger partial charge in [0.15, 0.2) is 0 Å². The van der Waals surface area contributed by atoms with E-state index < -0.39 is 0 Å². The molecule has 2 nitrogen and oxygen atoms in total. The van der Waals surface area contributed by atoms with Crippen LogP contribution in [0.3, 0.4) is 0 Å². The highest BCUT2D eigenvalue weighted by molar-refractivity contribution is 5.24. The first-order chi connectivity index (χ1) is 7.36. The van der Waals surface area contributed by atoms with Gasteiger partial charge in [-0.3, -0.25) is 0 Å². The fourth-order valence-corrected chi connectivity index (χ4v) is 1.29. The zero-order chi connectivity index (χ0) is 10.9. The van der Waals surface area contributed by atoms with Crippen molar-refractivity contribution in [2.24, 2.45) is 0 Å². The van der Waals surface area contributed by atoms with Gasteiger partial charge in [-0.15, -0.1) is 0 Å². The minimum atomic E-state index is 0.0283. The van der Waals surface area contributed by atoms with Crippen molar-refractivity contribution in [3.8, 4) is 0 Å². The number of hydrogen-bond donors (Lipinski definition) is 2. The summed E-state index contributed by atoms with van der Waals surface area (Å²) in [5, 5.41) is 17.7. The summed E-state index contributed by atoms with van der Waals surface area (Å²) in [4.78, 5) is 0. The van der Waals surface area contributed by atoms with Gasteiger partial charge in [-0.05, 0) is 17.6 Å². The third-order valence-electron chi connectivity index (χ3n) is 2.05. The normalized spacial score (nSPS) is 12.3. The molecule has 80 valence electrons. The maximum Gasteiger partial charge on any atom is 0.0648 e. The fourth-order valence-electron chi connectivity index (χ4n) is 1.29. The summed E-state index contributed by atoms with van der Waals surface area (Å²) in [6.07, 6.45) is 5.98. The Labute approximate surface area is 90.2 Å². The van der Waals surface area contributed by atoms with Gasteiger partial charge in [0, 0.05) is 0 Å². The average Bonchev–Trinajstić information content (AvgIpc) is 2.29. The average molecular weight is 204 g/mol. The lowest BCUT2D eigenvalue weighted by atomic mass is 10.1. The molecule has 0 saturated heterocycles. The molecule has 1 aromatic rings. The van der Waals surface area contributed by atoms with Crippen LogP contribution in [0, 0.1) is 0 Å². The largest absolute Gasteiger partial charge is 0.392 e. The Morgan fingerprint density at radius 2 is 1.87 bits per heavy atom. The Bertz CT molecular complexity index is 326. The van der Waals surface area contributed by atoms with Crippen LogP contribution in [-0.4, -0.2) is 23.4 Å². The Hall–Kier alpha value is -1.38. The van der Waals surface area contributed by atoms with Gasteiger partial charge in [0.05, 0.1) is 13.2 Å². The molecule has 0 aliphatic carbocycles. The topological polar surface area (TPSA) is 40.5 Å². The highest BCUT2D eigenvalue weighted by atomic mass is 16.3. The molecule has 15 heavy (non-hydrogen) atoms. The summed E-state index contributed by atoms with van der Waals surface area (Å²) < 4.78 is 0. The van der Waals surface area contributed by atoms with Gasteiger partial charge in [0.25, 0.3) is 0 Å². The van der Waals surface area contributed by atoms with Crippen molar-refractivity contribution in [3.63, 3.8) is 0 Å². The molecule has 1 rings (SSSR count). The minimum absolute atomic E-state index is 0.0283. The first-order valence-corrected chi connectivity index (χ1v) is 4.97. The Morgan fingerprint density at radius 1 is 1.13 bits per heavy atom. The second kappa shape index (κ2) is 6.98. The Balaban J connectivity index is 2.61. The third kappa shape index (κ3) is 4.58. The van der Waals surface area contributed by atoms with Crippen LogP contribution in [0.4, 0.5) is 0 Å². The molecule has 0 aliphatic rings. The molecule has 2 N–H and O–H groups in total. The number of aliphatic hydroxyl groups excluding tert-OH is 2. The molecule has 0 radical (unpaired) electrons. The van der Waals surface area contributed by atoms with Crippen LogP contribution >= 0.6 is 0 Å². The summed E-state index contributed by atoms with van der Waals surface area (Å²) in [6.45, 7) is 0.0746. The lowest BCUT2D eigenvalue weighted by molar-refractivity contribution is 0.328. The van der Waals surface area contributed by atoms with Crippen LogP contribution in [0.25, 0.3) is 0 Å². The molecule has 0 aliphatic heterocycles. The van der Waals surface area contributed by atoms with Crippen LogP contribution in [0.15, 0.2) is 54.1 Å². The molecule has 0 bridgehead atoms. The van der Waals surface area contributed by atoms with Crippen LogP contribution in [0.1, 0.15) is 5.56 Å². The standard InChI is InChI=1S/C13H16O2/c14-9-5-4-8-13(11-15)10-12-6-2-1-3-7-12/h1-8,14-15H,9-11H2/b5-4+,13-8+. The van der Waals surface area contributed by atoms with E-state index in [1.165, 1.54) is 5.56 Å². The molecule has 2 heteroatoms. The SMILES string of the molecule is OC/C=C/C=C(/CO)Cc1ccccc1. The molecule has 0 amide bonds. The van der Waals surface area contributed by atoms with Crippen molar-refractivity contribution < 1.29 is 10.2 Å². The van der Waals surface area contributed by atoms with E-state index in [1.807, 2.05) is 36.4 Å². The molecule has 0 heterocycles. The molecule has 0 spiro atoms. The van der Waals surface area contributed by atoms with Crippen molar-refractivity contribution in [2.75, 3.05) is 13.2 Å². The summed E-state index contributed by atoms with van der Waals surface area (Å²) in [5.41, 5.74) is 2.11. The van der Waals surface area contributed by atoms with Gasteiger partial charge >= 0.3 is 0 Å². The van der Waals surface area contributed by atoms with E-state index >= 15 is 0 Å². The molecule has 0 atom stereocenters. The summed E-state index contributed by atoms with van der Waals surface area (Å²) in [7, 11) is 0. The quantitative estimate of drug-likeness (QED) is 0.717. The van der Waals surface area contributed by atoms with E-state index in [0.717, 1.165) is 12.0 Å². The van der Waals surface area contributed by atoms with Gasteiger partial charge in [-0.25, -0.2) is 0 Å². The summed E-state index contributed by atoms with van der Waals surface area (Å²) >= 11 is 0. The maximum atomic E-state index is 9.12. The molecule has 1 aromatic carbocycles. The number of allylic oxidation sites excluding steroid dienone is 2. The van der Waals surface area contributed by atoms with E-state index in [4.69, 9.17) is 10.2 Å². The molecule has 0 unspecified atom stereocenters. The van der Waals surface area contributed by atoms with Crippen LogP contribution in [0.2, 0.25) is 0 Å². The van der Waals surface area contributed by atoms with Crippen molar-refractivity contribution in [1.29, 1.82) is 0 Å². The van der Waals surface area contributed by atoms with Crippen molar-refractivity contribution in [3.05, 3.63) is 59.7 Å². The van der Waals surface area contributed by atoms with Gasteiger partial charge in [0.1, 0.15) is 0 Å². The number of hydrogen-bond acceptors (Lipinski definition) is 2. The molecule has 0 aromatic heterocycles. The van der Waals surface area contributed by atoms with E-state index in [0.29, 0.717) is 0 Å². The van der Waals surface area contributed by atoms with E-state index in [1.54, 1.807) is 12.2 Å². The molecule has 0 saturated carbocycles. The van der Waals surface area contributed by atoms with Gasteiger partial charge in [0.2, 0.25) is 0 Å². The molecular formula is C13H16O2. The molecule has 0 fully saturated rings. The van der Waals surface area contributed by atoms with Crippen molar-refractivity contribution in [2.45, 2.75) is 6.42 Å². The highest BCUT2D eigenvalue weighted by Gasteiger charge is 1.96. The maximum absolute atomic E-state index is 9.12. The fraction of sp³-hybridized carbons (Fsp3) is 0.231. The van der Waals surface area contributed by atoms with Gasteiger partial charge < -0.3 is 10.2 Å². The Kier molecular flexibility index (Phi) is 5.44. The summed E-state index contributed by atoms with van der Waals surface area (Å²) in [6, 6.07) is 9.98. The van der Waals surface area contributed by atoms with E-state index in [9.17, 15) is 0 Å². The first kappa shape index (κ1) is 11.7. The lowest BCUT2D eigenvalue weighted by Gasteiger charge is -2.02. The van der Waals surface area contributed by atoms with Crippen LogP contribution < -0.4 is 0 Å². The van der Waals surface area contributed by atoms with Gasteiger partial charge in [-0.1, -0.05) is 48.6 Å². The third-order valence-corrected chi connectivity index (χ3v) is 2.05. The number of rotatable bonds is 5. The number of aliphatic hydroxyl groups is 2. The second-order valence-corrected chi connectivity index (χ2v) is 3.26.